The number of nitrogens with zero attached hydrogens (tertiary/aromatic N) is 2. The third-order valence-corrected chi connectivity index (χ3v) is 6.61. The normalized spacial score (nSPS) is 20.9. The van der Waals surface area contributed by atoms with Gasteiger partial charge in [0.25, 0.3) is 5.88 Å². The van der Waals surface area contributed by atoms with Gasteiger partial charge in [0, 0.05) is 12.3 Å². The molecular formula is C22H21FN2O5S. The van der Waals surface area contributed by atoms with E-state index in [1.165, 1.54) is 34.8 Å². The molecule has 2 heterocycles. The molecule has 162 valence electrons. The molecule has 4 rings (SSSR count). The highest BCUT2D eigenvalue weighted by Crippen LogP contribution is 2.33. The summed E-state index contributed by atoms with van der Waals surface area (Å²) in [6, 6.07) is 15.9. The van der Waals surface area contributed by atoms with Crippen molar-refractivity contribution in [3.63, 3.8) is 0 Å². The van der Waals surface area contributed by atoms with Crippen LogP contribution in [-0.2, 0) is 21.2 Å². The van der Waals surface area contributed by atoms with Crippen LogP contribution in [0.5, 0.6) is 17.4 Å². The van der Waals surface area contributed by atoms with E-state index in [-0.39, 0.29) is 30.5 Å². The number of hydrogen-bond donors (Lipinski definition) is 0. The second-order valence-corrected chi connectivity index (χ2v) is 8.87. The average molecular weight is 444 g/mol. The quantitative estimate of drug-likeness (QED) is 0.542. The van der Waals surface area contributed by atoms with E-state index >= 15 is 0 Å². The standard InChI is InChI=1S/C22H21FN2O5S/c1-28-18-7-9-19(10-8-18)29-15-20-14-25(13-16-4-2-5-17(23)12-16)31(26,27)21-6-3-11-24-22(21)30-20/h2-12,20H,13-15H2,1H3. The van der Waals surface area contributed by atoms with Crippen molar-refractivity contribution in [1.82, 2.24) is 9.29 Å². The van der Waals surface area contributed by atoms with Crippen molar-refractivity contribution in [1.29, 1.82) is 0 Å². The van der Waals surface area contributed by atoms with E-state index in [2.05, 4.69) is 4.98 Å². The smallest absolute Gasteiger partial charge is 0.272 e. The monoisotopic (exact) mass is 444 g/mol. The van der Waals surface area contributed by atoms with E-state index in [1.807, 2.05) is 0 Å². The molecule has 0 N–H and O–H groups in total. The van der Waals surface area contributed by atoms with Gasteiger partial charge in [-0.15, -0.1) is 4.31 Å². The number of sulfonamides is 1. The summed E-state index contributed by atoms with van der Waals surface area (Å²) < 4.78 is 58.3. The molecule has 2 atom stereocenters. The van der Waals surface area contributed by atoms with Crippen molar-refractivity contribution in [3.8, 4) is 17.4 Å². The number of fused-ring (bicyclic) bond motifs is 1. The fraction of sp³-hybridized carbons (Fsp3) is 0.227. The Hall–Kier alpha value is -3.01. The maximum Gasteiger partial charge on any atom is 0.272 e. The van der Waals surface area contributed by atoms with Crippen molar-refractivity contribution < 1.29 is 27.4 Å². The minimum atomic E-state index is -3.90. The lowest BCUT2D eigenvalue weighted by Gasteiger charge is -2.26. The number of pyridine rings is 1. The van der Waals surface area contributed by atoms with Crippen LogP contribution in [0.25, 0.3) is 0 Å². The maximum absolute atomic E-state index is 13.6. The zero-order valence-electron chi connectivity index (χ0n) is 16.8. The SMILES string of the molecule is COc1ccc(OCC2CN(Cc3cccc(F)c3)[S+](=O)([O-])c3cccnc3O2)cc1. The Balaban J connectivity index is 1.58. The van der Waals surface area contributed by atoms with Crippen LogP contribution in [0.2, 0.25) is 0 Å². The molecule has 0 aliphatic carbocycles. The number of halogens is 1. The molecule has 1 aliphatic heterocycles. The van der Waals surface area contributed by atoms with Gasteiger partial charge in [-0.05, 0) is 48.0 Å². The summed E-state index contributed by atoms with van der Waals surface area (Å²) in [6.07, 6.45) is 0.847. The second-order valence-electron chi connectivity index (χ2n) is 6.96. The molecule has 0 bridgehead atoms. The molecule has 31 heavy (non-hydrogen) atoms. The van der Waals surface area contributed by atoms with Crippen LogP contribution in [0, 0.1) is 5.82 Å². The number of aromatic nitrogens is 1. The number of benzene rings is 2. The lowest BCUT2D eigenvalue weighted by atomic mass is 10.2. The third kappa shape index (κ3) is 4.84. The van der Waals surface area contributed by atoms with Crippen LogP contribution < -0.4 is 14.2 Å². The third-order valence-electron chi connectivity index (χ3n) is 4.78. The minimum Gasteiger partial charge on any atom is -0.593 e. The van der Waals surface area contributed by atoms with E-state index in [1.54, 1.807) is 43.5 Å². The molecular weight excluding hydrogens is 423 g/mol. The van der Waals surface area contributed by atoms with Crippen LogP contribution in [0.4, 0.5) is 4.39 Å². The first kappa shape index (κ1) is 21.2. The molecule has 1 aliphatic rings. The fourth-order valence-corrected chi connectivity index (χ4v) is 4.79. The molecule has 0 amide bonds. The van der Waals surface area contributed by atoms with Crippen molar-refractivity contribution in [2.45, 2.75) is 17.5 Å². The summed E-state index contributed by atoms with van der Waals surface area (Å²) in [5.74, 6) is 0.882. The van der Waals surface area contributed by atoms with E-state index in [9.17, 15) is 13.2 Å². The summed E-state index contributed by atoms with van der Waals surface area (Å²) >= 11 is 0. The first-order valence-corrected chi connectivity index (χ1v) is 11.0. The van der Waals surface area contributed by atoms with Gasteiger partial charge >= 0.3 is 0 Å². The van der Waals surface area contributed by atoms with E-state index in [0.29, 0.717) is 17.1 Å². The predicted molar refractivity (Wildman–Crippen MR) is 111 cm³/mol. The molecule has 0 saturated heterocycles. The first-order chi connectivity index (χ1) is 15.0. The topological polar surface area (TPSA) is 84.0 Å². The van der Waals surface area contributed by atoms with Gasteiger partial charge in [-0.2, -0.15) is 0 Å². The van der Waals surface area contributed by atoms with Crippen molar-refractivity contribution in [3.05, 3.63) is 78.2 Å². The number of rotatable bonds is 6. The molecule has 2 unspecified atom stereocenters. The lowest BCUT2D eigenvalue weighted by Crippen LogP contribution is -2.42. The van der Waals surface area contributed by atoms with Gasteiger partial charge < -0.3 is 18.8 Å². The predicted octanol–water partition coefficient (Wildman–Crippen LogP) is 3.48. The largest absolute Gasteiger partial charge is 0.593 e. The van der Waals surface area contributed by atoms with Gasteiger partial charge in [-0.3, -0.25) is 0 Å². The summed E-state index contributed by atoms with van der Waals surface area (Å²) in [5, 5.41) is 0. The molecule has 0 saturated carbocycles. The Morgan fingerprint density at radius 2 is 1.97 bits per heavy atom. The van der Waals surface area contributed by atoms with Crippen molar-refractivity contribution in [2.24, 2.45) is 0 Å². The van der Waals surface area contributed by atoms with Gasteiger partial charge in [0.05, 0.1) is 20.2 Å². The lowest BCUT2D eigenvalue weighted by molar-refractivity contribution is 0.105. The molecule has 1 aromatic heterocycles. The molecule has 2 aromatic carbocycles. The number of ether oxygens (including phenoxy) is 3. The summed E-state index contributed by atoms with van der Waals surface area (Å²) in [5.41, 5.74) is 0.533. The van der Waals surface area contributed by atoms with Crippen LogP contribution in [0.15, 0.2) is 71.8 Å². The molecule has 7 nitrogen and oxygen atoms in total. The number of hydrogen-bond acceptors (Lipinski definition) is 6. The van der Waals surface area contributed by atoms with Gasteiger partial charge in [0.15, 0.2) is 16.5 Å². The van der Waals surface area contributed by atoms with Crippen molar-refractivity contribution >= 4 is 10.4 Å². The van der Waals surface area contributed by atoms with Gasteiger partial charge in [0.1, 0.15) is 23.9 Å². The number of methoxy groups -OCH3 is 1. The summed E-state index contributed by atoms with van der Waals surface area (Å²) in [6.45, 7) is 0.111. The minimum absolute atomic E-state index is 0.00315. The Morgan fingerprint density at radius 1 is 1.19 bits per heavy atom. The van der Waals surface area contributed by atoms with E-state index in [0.717, 1.165) is 0 Å². The fourth-order valence-electron chi connectivity index (χ4n) is 3.26. The Labute approximate surface area is 180 Å². The van der Waals surface area contributed by atoms with Gasteiger partial charge in [-0.1, -0.05) is 16.3 Å². The van der Waals surface area contributed by atoms with Crippen molar-refractivity contribution in [2.75, 3.05) is 20.3 Å². The second kappa shape index (κ2) is 9.01. The highest BCUT2D eigenvalue weighted by atomic mass is 32.3. The van der Waals surface area contributed by atoms with Crippen LogP contribution in [0.1, 0.15) is 5.56 Å². The average Bonchev–Trinajstić information content (AvgIpc) is 2.87. The molecule has 0 spiro atoms. The Kier molecular flexibility index (Phi) is 6.17. The van der Waals surface area contributed by atoms with E-state index in [4.69, 9.17) is 14.2 Å². The Bertz CT molecular complexity index is 1100. The Morgan fingerprint density at radius 3 is 2.71 bits per heavy atom. The zero-order chi connectivity index (χ0) is 21.8. The maximum atomic E-state index is 13.6. The van der Waals surface area contributed by atoms with Crippen LogP contribution in [0.3, 0.4) is 0 Å². The molecule has 0 fully saturated rings. The highest BCUT2D eigenvalue weighted by molar-refractivity contribution is 7.95. The van der Waals surface area contributed by atoms with E-state index < -0.39 is 22.3 Å². The molecule has 0 radical (unpaired) electrons. The summed E-state index contributed by atoms with van der Waals surface area (Å²) in [4.78, 5) is 4.07. The van der Waals surface area contributed by atoms with Gasteiger partial charge in [-0.25, -0.2) is 9.37 Å². The highest BCUT2D eigenvalue weighted by Gasteiger charge is 2.40. The summed E-state index contributed by atoms with van der Waals surface area (Å²) in [7, 11) is -2.33. The molecule has 3 aromatic rings. The van der Waals surface area contributed by atoms with Gasteiger partial charge in [0.2, 0.25) is 4.90 Å². The van der Waals surface area contributed by atoms with Crippen LogP contribution >= 0.6 is 0 Å². The first-order valence-electron chi connectivity index (χ1n) is 9.59. The van der Waals surface area contributed by atoms with Crippen LogP contribution in [-0.4, -0.2) is 40.2 Å². The molecule has 9 heteroatoms. The zero-order valence-corrected chi connectivity index (χ0v) is 17.6.